The van der Waals surface area contributed by atoms with E-state index in [4.69, 9.17) is 23.2 Å². The van der Waals surface area contributed by atoms with Crippen molar-refractivity contribution in [3.63, 3.8) is 0 Å². The molecular weight excluding hydrogens is 275 g/mol. The lowest BCUT2D eigenvalue weighted by molar-refractivity contribution is -0.107. The molecule has 0 heterocycles. The molecule has 0 bridgehead atoms. The van der Waals surface area contributed by atoms with E-state index in [1.54, 1.807) is 6.07 Å². The van der Waals surface area contributed by atoms with Crippen LogP contribution in [0.25, 0.3) is 0 Å². The first kappa shape index (κ1) is 11.0. The zero-order valence-electron chi connectivity index (χ0n) is 6.64. The molecule has 4 heteroatoms. The van der Waals surface area contributed by atoms with Crippen molar-refractivity contribution in [3.05, 3.63) is 33.3 Å². The fraction of sp³-hybridized carbons (Fsp3) is 0.222. The maximum Gasteiger partial charge on any atom is 0.138 e. The zero-order chi connectivity index (χ0) is 9.84. The molecule has 1 rings (SSSR count). The Bertz CT molecular complexity index is 314. The van der Waals surface area contributed by atoms with E-state index in [0.717, 1.165) is 16.3 Å². The van der Waals surface area contributed by atoms with Gasteiger partial charge in [0, 0.05) is 4.47 Å². The highest BCUT2D eigenvalue weighted by atomic mass is 79.9. The van der Waals surface area contributed by atoms with Gasteiger partial charge >= 0.3 is 0 Å². The number of rotatable bonds is 3. The molecule has 0 aliphatic carbocycles. The fourth-order valence-electron chi connectivity index (χ4n) is 0.964. The van der Waals surface area contributed by atoms with Crippen molar-refractivity contribution in [1.29, 1.82) is 0 Å². The summed E-state index contributed by atoms with van der Waals surface area (Å²) >= 11 is 14.9. The molecule has 0 aliphatic heterocycles. The minimum atomic E-state index is -0.491. The summed E-state index contributed by atoms with van der Waals surface area (Å²) in [6.45, 7) is 0. The van der Waals surface area contributed by atoms with E-state index in [2.05, 4.69) is 15.9 Å². The molecular formula is C9H7BrCl2O. The molecule has 1 unspecified atom stereocenters. The molecule has 0 saturated carbocycles. The van der Waals surface area contributed by atoms with Gasteiger partial charge in [-0.3, -0.25) is 0 Å². The van der Waals surface area contributed by atoms with E-state index in [9.17, 15) is 4.79 Å². The van der Waals surface area contributed by atoms with Crippen LogP contribution in [-0.4, -0.2) is 11.7 Å². The van der Waals surface area contributed by atoms with E-state index in [0.29, 0.717) is 11.4 Å². The Morgan fingerprint density at radius 1 is 1.54 bits per heavy atom. The first-order valence-corrected chi connectivity index (χ1v) is 5.28. The lowest BCUT2D eigenvalue weighted by Gasteiger charge is -2.05. The van der Waals surface area contributed by atoms with Crippen molar-refractivity contribution in [3.8, 4) is 0 Å². The van der Waals surface area contributed by atoms with Crippen LogP contribution in [0, 0.1) is 0 Å². The molecule has 0 radical (unpaired) electrons. The fourth-order valence-corrected chi connectivity index (χ4v) is 1.75. The van der Waals surface area contributed by atoms with Gasteiger partial charge in [-0.15, -0.1) is 11.6 Å². The number of benzene rings is 1. The predicted molar refractivity (Wildman–Crippen MR) is 58.6 cm³/mol. The van der Waals surface area contributed by atoms with Crippen LogP contribution < -0.4 is 0 Å². The van der Waals surface area contributed by atoms with Crippen LogP contribution in [0.1, 0.15) is 5.56 Å². The summed E-state index contributed by atoms with van der Waals surface area (Å²) in [6.07, 6.45) is 1.21. The van der Waals surface area contributed by atoms with Gasteiger partial charge in [0.1, 0.15) is 6.29 Å². The van der Waals surface area contributed by atoms with Crippen molar-refractivity contribution in [2.75, 3.05) is 0 Å². The summed E-state index contributed by atoms with van der Waals surface area (Å²) in [7, 11) is 0. The summed E-state index contributed by atoms with van der Waals surface area (Å²) < 4.78 is 0.809. The zero-order valence-corrected chi connectivity index (χ0v) is 9.73. The Balaban J connectivity index is 2.88. The highest BCUT2D eigenvalue weighted by Crippen LogP contribution is 2.27. The average molecular weight is 282 g/mol. The van der Waals surface area contributed by atoms with Gasteiger partial charge < -0.3 is 4.79 Å². The number of alkyl halides is 1. The van der Waals surface area contributed by atoms with Crippen molar-refractivity contribution in [2.24, 2.45) is 0 Å². The van der Waals surface area contributed by atoms with Crippen molar-refractivity contribution < 1.29 is 4.79 Å². The quantitative estimate of drug-likeness (QED) is 0.613. The van der Waals surface area contributed by atoms with Gasteiger partial charge in [-0.2, -0.15) is 0 Å². The second-order valence-electron chi connectivity index (χ2n) is 2.57. The molecule has 0 spiro atoms. The molecule has 1 aromatic rings. The number of hydrogen-bond acceptors (Lipinski definition) is 1. The first-order valence-electron chi connectivity index (χ1n) is 3.67. The van der Waals surface area contributed by atoms with E-state index < -0.39 is 5.38 Å². The van der Waals surface area contributed by atoms with Gasteiger partial charge in [-0.1, -0.05) is 23.7 Å². The standard InChI is InChI=1S/C9H7BrCl2O/c10-9-6(4-7(11)5-13)2-1-3-8(9)12/h1-3,5,7H,4H2. The number of carbonyl (C=O) groups excluding carboxylic acids is 1. The second kappa shape index (κ2) is 4.99. The molecule has 0 fully saturated rings. The third-order valence-electron chi connectivity index (χ3n) is 1.59. The molecule has 0 N–H and O–H groups in total. The SMILES string of the molecule is O=CC(Cl)Cc1cccc(Cl)c1Br. The minimum absolute atomic E-state index is 0.491. The minimum Gasteiger partial charge on any atom is -0.302 e. The number of aldehydes is 1. The summed E-state index contributed by atoms with van der Waals surface area (Å²) in [4.78, 5) is 10.3. The van der Waals surface area contributed by atoms with Crippen LogP contribution in [-0.2, 0) is 11.2 Å². The van der Waals surface area contributed by atoms with E-state index in [1.165, 1.54) is 0 Å². The summed E-state index contributed by atoms with van der Waals surface area (Å²) in [5, 5.41) is 0.141. The van der Waals surface area contributed by atoms with E-state index >= 15 is 0 Å². The smallest absolute Gasteiger partial charge is 0.138 e. The normalized spacial score (nSPS) is 12.5. The highest BCUT2D eigenvalue weighted by Gasteiger charge is 2.08. The van der Waals surface area contributed by atoms with Crippen LogP contribution >= 0.6 is 39.1 Å². The monoisotopic (exact) mass is 280 g/mol. The number of halogens is 3. The number of hydrogen-bond donors (Lipinski definition) is 0. The van der Waals surface area contributed by atoms with Crippen LogP contribution in [0.2, 0.25) is 5.02 Å². The van der Waals surface area contributed by atoms with Crippen molar-refractivity contribution in [1.82, 2.24) is 0 Å². The Morgan fingerprint density at radius 3 is 2.85 bits per heavy atom. The van der Waals surface area contributed by atoms with Crippen LogP contribution in [0.4, 0.5) is 0 Å². The molecule has 1 atom stereocenters. The molecule has 0 amide bonds. The molecule has 0 aromatic heterocycles. The summed E-state index contributed by atoms with van der Waals surface area (Å²) in [5.41, 5.74) is 0.944. The molecule has 1 aromatic carbocycles. The van der Waals surface area contributed by atoms with Gasteiger partial charge in [0.15, 0.2) is 0 Å². The van der Waals surface area contributed by atoms with Gasteiger partial charge in [-0.25, -0.2) is 0 Å². The van der Waals surface area contributed by atoms with Crippen LogP contribution in [0.5, 0.6) is 0 Å². The average Bonchev–Trinajstić information content (AvgIpc) is 2.13. The van der Waals surface area contributed by atoms with Gasteiger partial charge in [-0.05, 0) is 34.0 Å². The van der Waals surface area contributed by atoms with Gasteiger partial charge in [0.05, 0.1) is 10.4 Å². The second-order valence-corrected chi connectivity index (χ2v) is 4.33. The Morgan fingerprint density at radius 2 is 2.23 bits per heavy atom. The third kappa shape index (κ3) is 2.97. The highest BCUT2D eigenvalue weighted by molar-refractivity contribution is 9.10. The molecule has 13 heavy (non-hydrogen) atoms. The lowest BCUT2D eigenvalue weighted by Crippen LogP contribution is -2.04. The maximum absolute atomic E-state index is 10.3. The third-order valence-corrected chi connectivity index (χ3v) is 3.33. The molecule has 70 valence electrons. The lowest BCUT2D eigenvalue weighted by atomic mass is 10.1. The Labute approximate surface area is 95.2 Å². The van der Waals surface area contributed by atoms with E-state index in [1.807, 2.05) is 12.1 Å². The van der Waals surface area contributed by atoms with Crippen molar-refractivity contribution >= 4 is 45.4 Å². The molecule has 0 aliphatic rings. The molecule has 1 nitrogen and oxygen atoms in total. The number of carbonyl (C=O) groups is 1. The topological polar surface area (TPSA) is 17.1 Å². The Hall–Kier alpha value is -0.0500. The van der Waals surface area contributed by atoms with Crippen LogP contribution in [0.15, 0.2) is 22.7 Å². The summed E-state index contributed by atoms with van der Waals surface area (Å²) in [6, 6.07) is 5.49. The van der Waals surface area contributed by atoms with Gasteiger partial charge in [0.2, 0.25) is 0 Å². The maximum atomic E-state index is 10.3. The van der Waals surface area contributed by atoms with E-state index in [-0.39, 0.29) is 0 Å². The Kier molecular flexibility index (Phi) is 4.23. The van der Waals surface area contributed by atoms with Crippen molar-refractivity contribution in [2.45, 2.75) is 11.8 Å². The van der Waals surface area contributed by atoms with Gasteiger partial charge in [0.25, 0.3) is 0 Å². The van der Waals surface area contributed by atoms with Crippen LogP contribution in [0.3, 0.4) is 0 Å². The largest absolute Gasteiger partial charge is 0.302 e. The molecule has 0 saturated heterocycles. The first-order chi connectivity index (χ1) is 6.15. The summed E-state index contributed by atoms with van der Waals surface area (Å²) in [5.74, 6) is 0. The predicted octanol–water partition coefficient (Wildman–Crippen LogP) is 3.45.